The number of anilines is 1. The Morgan fingerprint density at radius 2 is 2.36 bits per heavy atom. The Morgan fingerprint density at radius 3 is 3.07 bits per heavy atom. The molecule has 0 bridgehead atoms. The standard InChI is InChI=1S/C11H17N3/c1-13-7-4-2-3-5-10-6-8-14-11(12)9-10/h2-3,6,8-9,13H,4-5,7H2,1H3,(H2,12,14). The van der Waals surface area contributed by atoms with Crippen LogP contribution in [0.3, 0.4) is 0 Å². The number of allylic oxidation sites excluding steroid dienone is 1. The molecular weight excluding hydrogens is 174 g/mol. The number of nitrogens with zero attached hydrogens (tertiary/aromatic N) is 1. The summed E-state index contributed by atoms with van der Waals surface area (Å²) < 4.78 is 0. The molecule has 0 aliphatic rings. The SMILES string of the molecule is CNCCC=CCc1ccnc(N)c1. The average Bonchev–Trinajstić information content (AvgIpc) is 2.18. The van der Waals surface area contributed by atoms with E-state index >= 15 is 0 Å². The monoisotopic (exact) mass is 191 g/mol. The summed E-state index contributed by atoms with van der Waals surface area (Å²) in [6, 6.07) is 3.89. The van der Waals surface area contributed by atoms with E-state index in [2.05, 4.69) is 22.5 Å². The summed E-state index contributed by atoms with van der Waals surface area (Å²) in [7, 11) is 1.96. The molecule has 0 saturated heterocycles. The summed E-state index contributed by atoms with van der Waals surface area (Å²) in [5, 5.41) is 3.09. The smallest absolute Gasteiger partial charge is 0.123 e. The van der Waals surface area contributed by atoms with Crippen molar-refractivity contribution in [1.82, 2.24) is 10.3 Å². The number of nitrogen functional groups attached to an aromatic ring is 1. The minimum absolute atomic E-state index is 0.589. The third kappa shape index (κ3) is 4.05. The molecule has 0 amide bonds. The normalized spacial score (nSPS) is 10.9. The van der Waals surface area contributed by atoms with Crippen LogP contribution in [0.5, 0.6) is 0 Å². The third-order valence-electron chi connectivity index (χ3n) is 1.93. The quantitative estimate of drug-likeness (QED) is 0.546. The van der Waals surface area contributed by atoms with Crippen molar-refractivity contribution in [3.63, 3.8) is 0 Å². The van der Waals surface area contributed by atoms with Gasteiger partial charge in [0.25, 0.3) is 0 Å². The first-order chi connectivity index (χ1) is 6.83. The van der Waals surface area contributed by atoms with Gasteiger partial charge in [-0.3, -0.25) is 0 Å². The average molecular weight is 191 g/mol. The molecule has 1 aromatic rings. The van der Waals surface area contributed by atoms with Gasteiger partial charge in [-0.2, -0.15) is 0 Å². The highest BCUT2D eigenvalue weighted by Gasteiger charge is 1.90. The molecule has 0 spiro atoms. The van der Waals surface area contributed by atoms with Gasteiger partial charge in [-0.15, -0.1) is 0 Å². The molecule has 14 heavy (non-hydrogen) atoms. The van der Waals surface area contributed by atoms with E-state index in [9.17, 15) is 0 Å². The van der Waals surface area contributed by atoms with E-state index < -0.39 is 0 Å². The minimum atomic E-state index is 0.589. The van der Waals surface area contributed by atoms with Gasteiger partial charge >= 0.3 is 0 Å². The van der Waals surface area contributed by atoms with Crippen molar-refractivity contribution >= 4 is 5.82 Å². The molecule has 0 aliphatic heterocycles. The zero-order chi connectivity index (χ0) is 10.2. The molecule has 0 fully saturated rings. The number of hydrogen-bond acceptors (Lipinski definition) is 3. The van der Waals surface area contributed by atoms with Crippen molar-refractivity contribution in [2.75, 3.05) is 19.3 Å². The fraction of sp³-hybridized carbons (Fsp3) is 0.364. The van der Waals surface area contributed by atoms with Crippen LogP contribution in [0.25, 0.3) is 0 Å². The highest BCUT2D eigenvalue weighted by atomic mass is 14.8. The molecule has 0 unspecified atom stereocenters. The fourth-order valence-electron chi connectivity index (χ4n) is 1.19. The molecule has 0 atom stereocenters. The lowest BCUT2D eigenvalue weighted by Crippen LogP contribution is -2.05. The van der Waals surface area contributed by atoms with E-state index in [4.69, 9.17) is 5.73 Å². The maximum Gasteiger partial charge on any atom is 0.123 e. The van der Waals surface area contributed by atoms with E-state index in [0.29, 0.717) is 5.82 Å². The second kappa shape index (κ2) is 6.16. The van der Waals surface area contributed by atoms with Crippen LogP contribution >= 0.6 is 0 Å². The van der Waals surface area contributed by atoms with Gasteiger partial charge in [-0.05, 0) is 44.1 Å². The zero-order valence-electron chi connectivity index (χ0n) is 8.53. The molecule has 0 radical (unpaired) electrons. The maximum atomic E-state index is 5.57. The van der Waals surface area contributed by atoms with Gasteiger partial charge in [0.2, 0.25) is 0 Å². The molecule has 76 valence electrons. The molecule has 3 nitrogen and oxygen atoms in total. The van der Waals surface area contributed by atoms with Crippen molar-refractivity contribution in [1.29, 1.82) is 0 Å². The summed E-state index contributed by atoms with van der Waals surface area (Å²) >= 11 is 0. The lowest BCUT2D eigenvalue weighted by Gasteiger charge is -1.97. The molecule has 0 aromatic carbocycles. The van der Waals surface area contributed by atoms with Crippen molar-refractivity contribution in [2.24, 2.45) is 0 Å². The number of pyridine rings is 1. The predicted octanol–water partition coefficient (Wildman–Crippen LogP) is 1.37. The molecule has 1 rings (SSSR count). The van der Waals surface area contributed by atoms with Gasteiger partial charge in [0.1, 0.15) is 5.82 Å². The van der Waals surface area contributed by atoms with Crippen LogP contribution in [0.15, 0.2) is 30.5 Å². The number of nitrogens with two attached hydrogens (primary N) is 1. The van der Waals surface area contributed by atoms with Crippen LogP contribution in [0.4, 0.5) is 5.82 Å². The zero-order valence-corrected chi connectivity index (χ0v) is 8.53. The van der Waals surface area contributed by atoms with Gasteiger partial charge in [0.15, 0.2) is 0 Å². The van der Waals surface area contributed by atoms with Crippen LogP contribution < -0.4 is 11.1 Å². The van der Waals surface area contributed by atoms with Gasteiger partial charge in [0.05, 0.1) is 0 Å². The lowest BCUT2D eigenvalue weighted by atomic mass is 10.2. The van der Waals surface area contributed by atoms with Gasteiger partial charge in [0, 0.05) is 6.20 Å². The third-order valence-corrected chi connectivity index (χ3v) is 1.93. The van der Waals surface area contributed by atoms with Crippen LogP contribution in [-0.2, 0) is 6.42 Å². The Balaban J connectivity index is 2.34. The Bertz CT molecular complexity index is 294. The van der Waals surface area contributed by atoms with Gasteiger partial charge in [-0.1, -0.05) is 12.2 Å². The Hall–Kier alpha value is -1.35. The number of nitrogens with one attached hydrogen (secondary N) is 1. The van der Waals surface area contributed by atoms with Crippen LogP contribution in [0.2, 0.25) is 0 Å². The van der Waals surface area contributed by atoms with Crippen LogP contribution in [0, 0.1) is 0 Å². The van der Waals surface area contributed by atoms with Gasteiger partial charge < -0.3 is 11.1 Å². The predicted molar refractivity (Wildman–Crippen MR) is 60.0 cm³/mol. The molecular formula is C11H17N3. The van der Waals surface area contributed by atoms with Crippen LogP contribution in [0.1, 0.15) is 12.0 Å². The molecule has 1 heterocycles. The van der Waals surface area contributed by atoms with Crippen molar-refractivity contribution in [2.45, 2.75) is 12.8 Å². The summed E-state index contributed by atoms with van der Waals surface area (Å²) in [6.07, 6.45) is 8.07. The first-order valence-corrected chi connectivity index (χ1v) is 4.83. The summed E-state index contributed by atoms with van der Waals surface area (Å²) in [4.78, 5) is 3.94. The molecule has 0 saturated carbocycles. The van der Waals surface area contributed by atoms with Crippen molar-refractivity contribution < 1.29 is 0 Å². The highest BCUT2D eigenvalue weighted by molar-refractivity contribution is 5.32. The van der Waals surface area contributed by atoms with E-state index in [0.717, 1.165) is 19.4 Å². The Kier molecular flexibility index (Phi) is 4.72. The number of aromatic nitrogens is 1. The minimum Gasteiger partial charge on any atom is -0.384 e. The topological polar surface area (TPSA) is 50.9 Å². The Morgan fingerprint density at radius 1 is 1.50 bits per heavy atom. The number of rotatable bonds is 5. The fourth-order valence-corrected chi connectivity index (χ4v) is 1.19. The van der Waals surface area contributed by atoms with E-state index in [-0.39, 0.29) is 0 Å². The second-order valence-corrected chi connectivity index (χ2v) is 3.16. The summed E-state index contributed by atoms with van der Waals surface area (Å²) in [5.41, 5.74) is 6.77. The Labute approximate surface area is 85.0 Å². The molecule has 0 aliphatic carbocycles. The molecule has 3 N–H and O–H groups in total. The first kappa shape index (κ1) is 10.7. The lowest BCUT2D eigenvalue weighted by molar-refractivity contribution is 0.806. The van der Waals surface area contributed by atoms with E-state index in [1.165, 1.54) is 5.56 Å². The largest absolute Gasteiger partial charge is 0.384 e. The molecule has 1 aromatic heterocycles. The van der Waals surface area contributed by atoms with Crippen LogP contribution in [-0.4, -0.2) is 18.6 Å². The van der Waals surface area contributed by atoms with E-state index in [1.54, 1.807) is 6.20 Å². The van der Waals surface area contributed by atoms with Crippen molar-refractivity contribution in [3.8, 4) is 0 Å². The summed E-state index contributed by atoms with van der Waals surface area (Å²) in [6.45, 7) is 1.02. The number of hydrogen-bond donors (Lipinski definition) is 2. The van der Waals surface area contributed by atoms with E-state index in [1.807, 2.05) is 19.2 Å². The highest BCUT2D eigenvalue weighted by Crippen LogP contribution is 2.04. The van der Waals surface area contributed by atoms with Gasteiger partial charge in [-0.25, -0.2) is 4.98 Å². The summed E-state index contributed by atoms with van der Waals surface area (Å²) in [5.74, 6) is 0.589. The first-order valence-electron chi connectivity index (χ1n) is 4.83. The van der Waals surface area contributed by atoms with Crippen molar-refractivity contribution in [3.05, 3.63) is 36.0 Å². The molecule has 3 heteroatoms. The second-order valence-electron chi connectivity index (χ2n) is 3.16. The maximum absolute atomic E-state index is 5.57.